The molecule has 2 aromatic carbocycles. The van der Waals surface area contributed by atoms with Crippen LogP contribution in [0.1, 0.15) is 80.3 Å². The molecule has 0 fully saturated rings. The first kappa shape index (κ1) is 56.3. The molecule has 0 bridgehead atoms. The van der Waals surface area contributed by atoms with Gasteiger partial charge in [0.2, 0.25) is 0 Å². The number of nitrogens with zero attached hydrogens (tertiary/aromatic N) is 2. The van der Waals surface area contributed by atoms with Gasteiger partial charge in [0, 0.05) is 37.0 Å². The molecular weight excluding hydrogens is 1110 g/mol. The molecule has 0 aliphatic heterocycles. The Balaban J connectivity index is 0.000000224. The van der Waals surface area contributed by atoms with Crippen LogP contribution in [0.15, 0.2) is 96.0 Å². The fraction of sp³-hybridized carbons (Fsp3) is 0.191. The number of amides is 6. The number of carbonyl (C=O) groups excluding carboxylic acids is 7. The number of esters is 1. The summed E-state index contributed by atoms with van der Waals surface area (Å²) in [5, 5.41) is 41.6. The number of carboxylic acids is 1. The number of aromatic amines is 2. The number of methoxy groups -OCH3 is 1. The van der Waals surface area contributed by atoms with Crippen molar-refractivity contribution in [3.63, 3.8) is 0 Å². The third-order valence-electron chi connectivity index (χ3n) is 10.8. The van der Waals surface area contributed by atoms with Crippen LogP contribution in [0.3, 0.4) is 0 Å². The summed E-state index contributed by atoms with van der Waals surface area (Å²) in [7, 11) is 1.03. The highest BCUT2D eigenvalue weighted by Gasteiger charge is 2.41. The topological polar surface area (TPSA) is 296 Å². The number of fused-ring (bicyclic) bond motifs is 2. The van der Waals surface area contributed by atoms with Crippen molar-refractivity contribution < 1.29 is 74.5 Å². The third-order valence-corrected chi connectivity index (χ3v) is 14.8. The molecule has 0 aliphatic rings. The van der Waals surface area contributed by atoms with E-state index in [2.05, 4.69) is 51.7 Å². The Bertz CT molecular complexity index is 3460. The number of halogens is 6. The van der Waals surface area contributed by atoms with Gasteiger partial charge in [-0.1, -0.05) is 36.4 Å². The van der Waals surface area contributed by atoms with Gasteiger partial charge < -0.3 is 41.7 Å². The largest absolute Gasteiger partial charge is 0.480 e. The average Bonchev–Trinajstić information content (AvgIpc) is 4.26. The van der Waals surface area contributed by atoms with Gasteiger partial charge in [0.25, 0.3) is 35.4 Å². The molecule has 402 valence electrons. The third kappa shape index (κ3) is 14.1. The van der Waals surface area contributed by atoms with Crippen LogP contribution in [0.5, 0.6) is 0 Å². The molecule has 2 atom stereocenters. The van der Waals surface area contributed by atoms with Crippen LogP contribution in [-0.2, 0) is 39.8 Å². The Morgan fingerprint density at radius 2 is 0.987 bits per heavy atom. The van der Waals surface area contributed by atoms with Crippen molar-refractivity contribution in [2.45, 2.75) is 37.5 Å². The number of H-pyrrole nitrogens is 2. The molecule has 0 saturated carbocycles. The zero-order chi connectivity index (χ0) is 55.6. The molecular formula is C47H38F6N10O10S4. The molecule has 0 aliphatic carbocycles. The average molecular weight is 1150 g/mol. The van der Waals surface area contributed by atoms with Crippen LogP contribution in [0, 0.1) is 0 Å². The van der Waals surface area contributed by atoms with Gasteiger partial charge in [-0.3, -0.25) is 39.0 Å². The summed E-state index contributed by atoms with van der Waals surface area (Å²) in [5.41, 5.74) is 0.0793. The van der Waals surface area contributed by atoms with E-state index in [9.17, 15) is 69.8 Å². The number of hydrogen-bond donors (Lipinski definition) is 9. The molecule has 0 saturated heterocycles. The van der Waals surface area contributed by atoms with Crippen LogP contribution in [0.4, 0.5) is 26.3 Å². The molecule has 6 heterocycles. The Morgan fingerprint density at radius 3 is 1.38 bits per heavy atom. The van der Waals surface area contributed by atoms with Crippen LogP contribution >= 0.6 is 45.3 Å². The van der Waals surface area contributed by atoms with Gasteiger partial charge >= 0.3 is 24.3 Å². The number of hydrogen-bond acceptors (Lipinski definition) is 15. The second-order valence-electron chi connectivity index (χ2n) is 15.9. The van der Waals surface area contributed by atoms with E-state index < -0.39 is 106 Å². The fourth-order valence-electron chi connectivity index (χ4n) is 7.02. The number of nitrogens with one attached hydrogen (secondary N) is 8. The van der Waals surface area contributed by atoms with Gasteiger partial charge in [0.05, 0.1) is 61.2 Å². The number of carboxylic acid groups (broad SMARTS) is 1. The summed E-state index contributed by atoms with van der Waals surface area (Å²) in [6.45, 7) is -1.02. The van der Waals surface area contributed by atoms with E-state index in [4.69, 9.17) is 0 Å². The first-order valence-electron chi connectivity index (χ1n) is 22.0. The minimum atomic E-state index is -4.99. The Kier molecular flexibility index (Phi) is 17.9. The van der Waals surface area contributed by atoms with Crippen molar-refractivity contribution in [3.8, 4) is 0 Å². The summed E-state index contributed by atoms with van der Waals surface area (Å²) in [4.78, 5) is 97.2. The minimum absolute atomic E-state index is 0.00480. The van der Waals surface area contributed by atoms with E-state index in [0.29, 0.717) is 45.0 Å². The number of carbonyl (C=O) groups is 8. The Labute approximate surface area is 444 Å². The van der Waals surface area contributed by atoms with E-state index in [1.54, 1.807) is 71.7 Å². The molecule has 77 heavy (non-hydrogen) atoms. The number of alkyl halides is 6. The number of rotatable bonds is 18. The van der Waals surface area contributed by atoms with Gasteiger partial charge in [0.1, 0.15) is 21.8 Å². The molecule has 0 radical (unpaired) electrons. The maximum absolute atomic E-state index is 13.8. The monoisotopic (exact) mass is 1140 g/mol. The quantitative estimate of drug-likeness (QED) is 0.0325. The summed E-state index contributed by atoms with van der Waals surface area (Å²) < 4.78 is 87.1. The number of aliphatic carboxylic acids is 1. The van der Waals surface area contributed by atoms with Crippen molar-refractivity contribution in [3.05, 3.63) is 147 Å². The predicted molar refractivity (Wildman–Crippen MR) is 269 cm³/mol. The van der Waals surface area contributed by atoms with Crippen molar-refractivity contribution in [1.82, 2.24) is 52.3 Å². The molecule has 8 aromatic rings. The predicted octanol–water partition coefficient (Wildman–Crippen LogP) is 6.58. The van der Waals surface area contributed by atoms with Gasteiger partial charge in [-0.05, 0) is 58.3 Å². The highest BCUT2D eigenvalue weighted by atomic mass is 32.1. The van der Waals surface area contributed by atoms with Gasteiger partial charge in [-0.25, -0.2) is 9.59 Å². The van der Waals surface area contributed by atoms with E-state index in [1.807, 2.05) is 5.32 Å². The van der Waals surface area contributed by atoms with E-state index in [0.717, 1.165) is 46.1 Å². The lowest BCUT2D eigenvalue weighted by atomic mass is 10.1. The maximum atomic E-state index is 13.8. The highest BCUT2D eigenvalue weighted by Crippen LogP contribution is 2.38. The molecule has 0 unspecified atom stereocenters. The van der Waals surface area contributed by atoms with E-state index >= 15 is 0 Å². The number of ether oxygens (including phenoxy) is 1. The second kappa shape index (κ2) is 24.5. The van der Waals surface area contributed by atoms with Gasteiger partial charge in [-0.2, -0.15) is 36.5 Å². The number of aromatic nitrogens is 4. The Hall–Kier alpha value is -8.48. The zero-order valence-electron chi connectivity index (χ0n) is 39.1. The van der Waals surface area contributed by atoms with Crippen LogP contribution in [-0.4, -0.2) is 105 Å². The van der Waals surface area contributed by atoms with Crippen molar-refractivity contribution in [2.24, 2.45) is 0 Å². The normalized spacial score (nSPS) is 12.1. The smallest absolute Gasteiger partial charge is 0.418 e. The van der Waals surface area contributed by atoms with E-state index in [1.165, 1.54) is 12.1 Å². The standard InChI is InChI=1S/C24H20F3N5O5S2.C23H18F3N5O5S2/c1-37-23(36)16(11-29-20(33)17-6-3-7-38-17)31-22(35)19-14(24(25,26)27)8-18(39-19)21(34)28-9-12-4-2-5-15-13(12)10-30-32-15;24-23(25,26)13-7-17(20(33)27-8-11-3-1-4-14-12(11)9-29-31-14)38-18(13)21(34)30-15(22(35)36)10-28-19(32)16-5-2-6-37-16/h2-8,10,16H,9,11H2,1H3,(H,28,34)(H,29,33)(H,30,32)(H,31,35);1-7,9,15H,8,10H2,(H,27,33)(H,28,32)(H,29,31)(H,30,34)(H,35,36)/t16-;15-/m00/s1. The highest BCUT2D eigenvalue weighted by molar-refractivity contribution is 7.16. The lowest BCUT2D eigenvalue weighted by molar-refractivity contribution is -0.143. The van der Waals surface area contributed by atoms with Crippen LogP contribution in [0.2, 0.25) is 0 Å². The van der Waals surface area contributed by atoms with Crippen molar-refractivity contribution in [1.29, 1.82) is 0 Å². The molecule has 9 N–H and O–H groups in total. The van der Waals surface area contributed by atoms with Crippen LogP contribution < -0.4 is 31.9 Å². The second-order valence-corrected chi connectivity index (χ2v) is 19.9. The number of thiophene rings is 4. The van der Waals surface area contributed by atoms with Gasteiger partial charge in [0.15, 0.2) is 0 Å². The first-order valence-corrected chi connectivity index (χ1v) is 25.4. The van der Waals surface area contributed by atoms with Crippen LogP contribution in [0.25, 0.3) is 21.8 Å². The molecule has 6 aromatic heterocycles. The molecule has 0 spiro atoms. The summed E-state index contributed by atoms with van der Waals surface area (Å²) in [6.07, 6.45) is -6.84. The fourth-order valence-corrected chi connectivity index (χ4v) is 10.3. The zero-order valence-corrected chi connectivity index (χ0v) is 42.4. The number of benzene rings is 2. The Morgan fingerprint density at radius 1 is 0.571 bits per heavy atom. The van der Waals surface area contributed by atoms with Crippen molar-refractivity contribution in [2.75, 3.05) is 20.2 Å². The SMILES string of the molecule is COC(=O)[C@H](CNC(=O)c1cccs1)NC(=O)c1sc(C(=O)NCc2cccc3[nH]ncc23)cc1C(F)(F)F.O=C(NC[C@H](NC(=O)c1sc(C(=O)NCc2cccc3[nH]ncc23)cc1C(F)(F)F)C(=O)O)c1cccs1. The lowest BCUT2D eigenvalue weighted by Crippen LogP contribution is -2.49. The molecule has 30 heteroatoms. The minimum Gasteiger partial charge on any atom is -0.480 e. The molecule has 8 rings (SSSR count). The maximum Gasteiger partial charge on any atom is 0.418 e. The molecule has 20 nitrogen and oxygen atoms in total. The molecule has 6 amide bonds. The van der Waals surface area contributed by atoms with Gasteiger partial charge in [-0.15, -0.1) is 45.3 Å². The van der Waals surface area contributed by atoms with E-state index in [-0.39, 0.29) is 39.1 Å². The summed E-state index contributed by atoms with van der Waals surface area (Å²) in [5.74, 6) is -7.95. The van der Waals surface area contributed by atoms with Crippen molar-refractivity contribution >= 4 is 115 Å². The lowest BCUT2D eigenvalue weighted by Gasteiger charge is -2.17. The summed E-state index contributed by atoms with van der Waals surface area (Å²) in [6, 6.07) is 14.7. The first-order chi connectivity index (χ1) is 36.6. The summed E-state index contributed by atoms with van der Waals surface area (Å²) >= 11 is 2.85.